The van der Waals surface area contributed by atoms with Gasteiger partial charge in [-0.2, -0.15) is 0 Å². The van der Waals surface area contributed by atoms with Crippen LogP contribution in [0.3, 0.4) is 0 Å². The van der Waals surface area contributed by atoms with Crippen LogP contribution in [0.4, 0.5) is 4.39 Å². The van der Waals surface area contributed by atoms with Crippen molar-refractivity contribution in [1.82, 2.24) is 9.80 Å². The summed E-state index contributed by atoms with van der Waals surface area (Å²) >= 11 is 0. The first-order valence-corrected chi connectivity index (χ1v) is 9.47. The third-order valence-corrected chi connectivity index (χ3v) is 4.93. The van der Waals surface area contributed by atoms with Gasteiger partial charge < -0.3 is 14.5 Å². The number of aryl methyl sites for hydroxylation is 2. The molecule has 0 bridgehead atoms. The zero-order valence-corrected chi connectivity index (χ0v) is 16.3. The number of ether oxygens (including phenoxy) is 1. The third-order valence-electron chi connectivity index (χ3n) is 4.93. The molecule has 0 N–H and O–H groups in total. The lowest BCUT2D eigenvalue weighted by atomic mass is 10.1. The van der Waals surface area contributed by atoms with Crippen molar-refractivity contribution in [1.29, 1.82) is 0 Å². The van der Waals surface area contributed by atoms with Gasteiger partial charge in [0.2, 0.25) is 0 Å². The topological polar surface area (TPSA) is 49.9 Å². The number of rotatable bonds is 4. The van der Waals surface area contributed by atoms with Crippen molar-refractivity contribution in [3.05, 3.63) is 65.0 Å². The molecule has 2 aromatic carbocycles. The molecule has 1 aliphatic rings. The maximum absolute atomic E-state index is 13.9. The Bertz CT molecular complexity index is 869. The van der Waals surface area contributed by atoms with Gasteiger partial charge >= 0.3 is 0 Å². The summed E-state index contributed by atoms with van der Waals surface area (Å²) in [5.74, 6) is -0.258. The number of carbonyl (C=O) groups excluding carboxylic acids is 2. The molecule has 2 aromatic rings. The normalized spacial score (nSPS) is 14.5. The second-order valence-corrected chi connectivity index (χ2v) is 7.06. The first-order valence-electron chi connectivity index (χ1n) is 9.47. The SMILES string of the molecule is Cc1ccc(C)c(OCC(=O)N2CCCN(C(=O)c3ccccc3F)CC2)c1. The predicted molar refractivity (Wildman–Crippen MR) is 105 cm³/mol. The summed E-state index contributed by atoms with van der Waals surface area (Å²) in [4.78, 5) is 28.5. The fraction of sp³-hybridized carbons (Fsp3) is 0.364. The maximum atomic E-state index is 13.9. The lowest BCUT2D eigenvalue weighted by Crippen LogP contribution is -2.39. The van der Waals surface area contributed by atoms with Crippen molar-refractivity contribution in [3.8, 4) is 5.75 Å². The molecule has 0 saturated carbocycles. The van der Waals surface area contributed by atoms with Crippen LogP contribution < -0.4 is 4.74 Å². The fourth-order valence-electron chi connectivity index (χ4n) is 3.27. The summed E-state index contributed by atoms with van der Waals surface area (Å²) in [5, 5.41) is 0. The first-order chi connectivity index (χ1) is 13.5. The minimum Gasteiger partial charge on any atom is -0.483 e. The number of halogens is 1. The Hall–Kier alpha value is -2.89. The minimum absolute atomic E-state index is 0.0362. The molecular weight excluding hydrogens is 359 g/mol. The maximum Gasteiger partial charge on any atom is 0.260 e. The largest absolute Gasteiger partial charge is 0.483 e. The highest BCUT2D eigenvalue weighted by molar-refractivity contribution is 5.94. The van der Waals surface area contributed by atoms with Crippen molar-refractivity contribution in [2.75, 3.05) is 32.8 Å². The lowest BCUT2D eigenvalue weighted by Gasteiger charge is -2.22. The van der Waals surface area contributed by atoms with Gasteiger partial charge in [-0.3, -0.25) is 9.59 Å². The van der Waals surface area contributed by atoms with E-state index in [0.717, 1.165) is 11.1 Å². The van der Waals surface area contributed by atoms with Gasteiger partial charge in [-0.15, -0.1) is 0 Å². The molecule has 1 fully saturated rings. The number of hydrogen-bond acceptors (Lipinski definition) is 3. The average Bonchev–Trinajstić information content (AvgIpc) is 2.94. The summed E-state index contributed by atoms with van der Waals surface area (Å²) in [6, 6.07) is 11.9. The van der Waals surface area contributed by atoms with Gasteiger partial charge in [-0.1, -0.05) is 24.3 Å². The van der Waals surface area contributed by atoms with E-state index in [9.17, 15) is 14.0 Å². The second-order valence-electron chi connectivity index (χ2n) is 7.06. The van der Waals surface area contributed by atoms with Gasteiger partial charge in [0.25, 0.3) is 11.8 Å². The molecule has 0 spiro atoms. The third kappa shape index (κ3) is 4.68. The quantitative estimate of drug-likeness (QED) is 0.813. The molecular formula is C22H25FN2O3. The van der Waals surface area contributed by atoms with E-state index in [1.807, 2.05) is 32.0 Å². The van der Waals surface area contributed by atoms with Crippen LogP contribution in [0.2, 0.25) is 0 Å². The van der Waals surface area contributed by atoms with E-state index < -0.39 is 5.82 Å². The summed E-state index contributed by atoms with van der Waals surface area (Å²) < 4.78 is 19.6. The van der Waals surface area contributed by atoms with Crippen molar-refractivity contribution in [3.63, 3.8) is 0 Å². The van der Waals surface area contributed by atoms with E-state index in [2.05, 4.69) is 0 Å². The molecule has 6 heteroatoms. The Labute approximate surface area is 164 Å². The smallest absolute Gasteiger partial charge is 0.260 e. The number of nitrogens with zero attached hydrogens (tertiary/aromatic N) is 2. The standard InChI is InChI=1S/C22H25FN2O3/c1-16-8-9-17(2)20(14-16)28-15-21(26)24-10-5-11-25(13-12-24)22(27)18-6-3-4-7-19(18)23/h3-4,6-9,14H,5,10-13,15H2,1-2H3. The van der Waals surface area contributed by atoms with Crippen LogP contribution in [0.5, 0.6) is 5.75 Å². The number of hydrogen-bond donors (Lipinski definition) is 0. The summed E-state index contributed by atoms with van der Waals surface area (Å²) in [5.41, 5.74) is 2.13. The Morgan fingerprint density at radius 3 is 2.50 bits per heavy atom. The molecule has 148 valence electrons. The number of carbonyl (C=O) groups is 2. The molecule has 0 radical (unpaired) electrons. The van der Waals surface area contributed by atoms with Crippen molar-refractivity contribution < 1.29 is 18.7 Å². The molecule has 1 saturated heterocycles. The molecule has 0 atom stereocenters. The monoisotopic (exact) mass is 384 g/mol. The van der Waals surface area contributed by atoms with Gasteiger partial charge in [0.15, 0.2) is 6.61 Å². The summed E-state index contributed by atoms with van der Waals surface area (Å²) in [6.45, 7) is 5.72. The Morgan fingerprint density at radius 2 is 1.71 bits per heavy atom. The fourth-order valence-corrected chi connectivity index (χ4v) is 3.27. The van der Waals surface area contributed by atoms with E-state index in [1.54, 1.807) is 21.9 Å². The van der Waals surface area contributed by atoms with Crippen LogP contribution in [0.25, 0.3) is 0 Å². The highest BCUT2D eigenvalue weighted by atomic mass is 19.1. The molecule has 3 rings (SSSR count). The van der Waals surface area contributed by atoms with E-state index in [1.165, 1.54) is 12.1 Å². The average molecular weight is 384 g/mol. The molecule has 0 aliphatic carbocycles. The van der Waals surface area contributed by atoms with E-state index in [-0.39, 0.29) is 24.0 Å². The van der Waals surface area contributed by atoms with E-state index >= 15 is 0 Å². The van der Waals surface area contributed by atoms with Crippen LogP contribution in [0, 0.1) is 19.7 Å². The van der Waals surface area contributed by atoms with Crippen LogP contribution in [-0.4, -0.2) is 54.4 Å². The molecule has 1 heterocycles. The Morgan fingerprint density at radius 1 is 1.00 bits per heavy atom. The summed E-state index contributed by atoms with van der Waals surface area (Å²) in [6.07, 6.45) is 0.648. The van der Waals surface area contributed by atoms with Gasteiger partial charge in [-0.25, -0.2) is 4.39 Å². The Kier molecular flexibility index (Phi) is 6.29. The molecule has 28 heavy (non-hydrogen) atoms. The second kappa shape index (κ2) is 8.87. The highest BCUT2D eigenvalue weighted by Crippen LogP contribution is 2.19. The van der Waals surface area contributed by atoms with Crippen LogP contribution in [0.15, 0.2) is 42.5 Å². The molecule has 2 amide bonds. The van der Waals surface area contributed by atoms with Crippen molar-refractivity contribution in [2.45, 2.75) is 20.3 Å². The van der Waals surface area contributed by atoms with Crippen molar-refractivity contribution in [2.24, 2.45) is 0 Å². The Balaban J connectivity index is 1.57. The van der Waals surface area contributed by atoms with Crippen LogP contribution in [-0.2, 0) is 4.79 Å². The van der Waals surface area contributed by atoms with Crippen molar-refractivity contribution >= 4 is 11.8 Å². The van der Waals surface area contributed by atoms with Crippen LogP contribution >= 0.6 is 0 Å². The predicted octanol–water partition coefficient (Wildman–Crippen LogP) is 3.20. The van der Waals surface area contributed by atoms with Gasteiger partial charge in [0.05, 0.1) is 5.56 Å². The molecule has 5 nitrogen and oxygen atoms in total. The van der Waals surface area contributed by atoms with Gasteiger partial charge in [-0.05, 0) is 49.6 Å². The summed E-state index contributed by atoms with van der Waals surface area (Å²) in [7, 11) is 0. The molecule has 0 unspecified atom stereocenters. The first kappa shape index (κ1) is 19.9. The van der Waals surface area contributed by atoms with Gasteiger partial charge in [0, 0.05) is 26.2 Å². The van der Waals surface area contributed by atoms with E-state index in [0.29, 0.717) is 38.3 Å². The molecule has 1 aliphatic heterocycles. The number of amides is 2. The zero-order valence-electron chi connectivity index (χ0n) is 16.3. The van der Waals surface area contributed by atoms with E-state index in [4.69, 9.17) is 4.74 Å². The zero-order chi connectivity index (χ0) is 20.1. The molecule has 0 aromatic heterocycles. The highest BCUT2D eigenvalue weighted by Gasteiger charge is 2.24. The lowest BCUT2D eigenvalue weighted by molar-refractivity contribution is -0.133. The van der Waals surface area contributed by atoms with Crippen LogP contribution in [0.1, 0.15) is 27.9 Å². The number of benzene rings is 2. The minimum atomic E-state index is -0.522. The van der Waals surface area contributed by atoms with Gasteiger partial charge in [0.1, 0.15) is 11.6 Å².